The van der Waals surface area contributed by atoms with Crippen molar-refractivity contribution < 1.29 is 9.72 Å². The second kappa shape index (κ2) is 7.87. The predicted molar refractivity (Wildman–Crippen MR) is 73.0 cm³/mol. The Hall–Kier alpha value is -1.36. The summed E-state index contributed by atoms with van der Waals surface area (Å²) in [6.45, 7) is 1.62. The van der Waals surface area contributed by atoms with E-state index in [1.807, 2.05) is 0 Å². The van der Waals surface area contributed by atoms with E-state index in [-0.39, 0.29) is 11.5 Å². The second-order valence-corrected chi connectivity index (χ2v) is 5.28. The lowest BCUT2D eigenvalue weighted by Crippen LogP contribution is -1.90. The number of benzene rings is 1. The molecule has 0 bridgehead atoms. The monoisotopic (exact) mass is 267 g/mol. The van der Waals surface area contributed by atoms with Crippen LogP contribution in [0, 0.1) is 10.1 Å². The van der Waals surface area contributed by atoms with Gasteiger partial charge in [-0.05, 0) is 37.7 Å². The molecule has 0 aliphatic carbocycles. The van der Waals surface area contributed by atoms with Gasteiger partial charge >= 0.3 is 0 Å². The molecule has 4 nitrogen and oxygen atoms in total. The Labute approximate surface area is 111 Å². The Kier molecular flexibility index (Phi) is 6.43. The van der Waals surface area contributed by atoms with Gasteiger partial charge in [-0.3, -0.25) is 10.1 Å². The van der Waals surface area contributed by atoms with Crippen molar-refractivity contribution in [1.82, 2.24) is 0 Å². The standard InChI is InChI=1S/C13H17NO3S/c1-11(15)5-3-2-4-10-18-13-8-6-12(7-9-13)14(16)17/h6-9H,2-5,10H2,1H3. The number of hydrogen-bond acceptors (Lipinski definition) is 4. The highest BCUT2D eigenvalue weighted by Crippen LogP contribution is 2.22. The van der Waals surface area contributed by atoms with E-state index in [1.165, 1.54) is 12.1 Å². The van der Waals surface area contributed by atoms with Gasteiger partial charge < -0.3 is 4.79 Å². The fourth-order valence-electron chi connectivity index (χ4n) is 1.51. The molecule has 18 heavy (non-hydrogen) atoms. The summed E-state index contributed by atoms with van der Waals surface area (Å²) in [5, 5.41) is 10.5. The molecule has 0 aliphatic rings. The van der Waals surface area contributed by atoms with E-state index in [2.05, 4.69) is 0 Å². The molecule has 0 fully saturated rings. The summed E-state index contributed by atoms with van der Waals surface area (Å²) < 4.78 is 0. The molecule has 0 saturated carbocycles. The quantitative estimate of drug-likeness (QED) is 0.311. The maximum absolute atomic E-state index is 10.7. The Morgan fingerprint density at radius 3 is 2.44 bits per heavy atom. The molecular formula is C13H17NO3S. The molecule has 0 aromatic heterocycles. The number of carbonyl (C=O) groups is 1. The number of non-ortho nitro benzene ring substituents is 1. The van der Waals surface area contributed by atoms with Crippen LogP contribution >= 0.6 is 11.8 Å². The van der Waals surface area contributed by atoms with Crippen LogP contribution in [0.5, 0.6) is 0 Å². The third-order valence-electron chi connectivity index (χ3n) is 2.49. The maximum atomic E-state index is 10.7. The molecule has 0 radical (unpaired) electrons. The largest absolute Gasteiger partial charge is 0.300 e. The number of ketones is 1. The van der Waals surface area contributed by atoms with Crippen LogP contribution < -0.4 is 0 Å². The van der Waals surface area contributed by atoms with E-state index in [1.54, 1.807) is 30.8 Å². The molecule has 1 aromatic rings. The minimum atomic E-state index is -0.393. The lowest BCUT2D eigenvalue weighted by Gasteiger charge is -2.01. The summed E-state index contributed by atoms with van der Waals surface area (Å²) in [7, 11) is 0. The number of hydrogen-bond donors (Lipinski definition) is 0. The SMILES string of the molecule is CC(=O)CCCCCSc1ccc([N+](=O)[O-])cc1. The number of nitro benzene ring substituents is 1. The molecule has 0 heterocycles. The van der Waals surface area contributed by atoms with E-state index >= 15 is 0 Å². The molecule has 98 valence electrons. The number of nitro groups is 1. The summed E-state index contributed by atoms with van der Waals surface area (Å²) in [5.41, 5.74) is 0.126. The topological polar surface area (TPSA) is 60.2 Å². The molecule has 0 amide bonds. The Bertz CT molecular complexity index is 403. The summed E-state index contributed by atoms with van der Waals surface area (Å²) in [5.74, 6) is 1.23. The first kappa shape index (κ1) is 14.7. The zero-order valence-electron chi connectivity index (χ0n) is 10.4. The van der Waals surface area contributed by atoms with Gasteiger partial charge in [-0.25, -0.2) is 0 Å². The first-order chi connectivity index (χ1) is 8.59. The zero-order chi connectivity index (χ0) is 13.4. The van der Waals surface area contributed by atoms with Crippen LogP contribution in [0.3, 0.4) is 0 Å². The van der Waals surface area contributed by atoms with Gasteiger partial charge in [0.05, 0.1) is 4.92 Å². The fourth-order valence-corrected chi connectivity index (χ4v) is 2.42. The van der Waals surface area contributed by atoms with Crippen LogP contribution in [0.1, 0.15) is 32.6 Å². The van der Waals surface area contributed by atoms with Gasteiger partial charge in [0.1, 0.15) is 5.78 Å². The Balaban J connectivity index is 2.19. The number of nitrogens with zero attached hydrogens (tertiary/aromatic N) is 1. The number of Topliss-reactive ketones (excluding diaryl/α,β-unsaturated/α-hetero) is 1. The van der Waals surface area contributed by atoms with Crippen molar-refractivity contribution in [2.45, 2.75) is 37.5 Å². The van der Waals surface area contributed by atoms with Gasteiger partial charge in [-0.2, -0.15) is 0 Å². The van der Waals surface area contributed by atoms with Crippen LogP contribution in [0.25, 0.3) is 0 Å². The van der Waals surface area contributed by atoms with Crippen molar-refractivity contribution in [3.8, 4) is 0 Å². The molecule has 0 atom stereocenters. The Morgan fingerprint density at radius 1 is 1.22 bits per heavy atom. The average molecular weight is 267 g/mol. The summed E-state index contributed by atoms with van der Waals surface area (Å²) in [4.78, 5) is 21.9. The number of unbranched alkanes of at least 4 members (excludes halogenated alkanes) is 2. The van der Waals surface area contributed by atoms with Gasteiger partial charge in [0, 0.05) is 23.4 Å². The molecule has 0 unspecified atom stereocenters. The highest BCUT2D eigenvalue weighted by atomic mass is 32.2. The second-order valence-electron chi connectivity index (χ2n) is 4.11. The highest BCUT2D eigenvalue weighted by Gasteiger charge is 2.03. The highest BCUT2D eigenvalue weighted by molar-refractivity contribution is 7.99. The number of thioether (sulfide) groups is 1. The Morgan fingerprint density at radius 2 is 1.89 bits per heavy atom. The van der Waals surface area contributed by atoms with E-state index < -0.39 is 4.92 Å². The van der Waals surface area contributed by atoms with Crippen molar-refractivity contribution in [1.29, 1.82) is 0 Å². The van der Waals surface area contributed by atoms with Crippen LogP contribution in [0.2, 0.25) is 0 Å². The van der Waals surface area contributed by atoms with E-state index in [0.717, 1.165) is 29.9 Å². The maximum Gasteiger partial charge on any atom is 0.269 e. The molecule has 5 heteroatoms. The summed E-state index contributed by atoms with van der Waals surface area (Å²) in [6.07, 6.45) is 3.74. The number of carbonyl (C=O) groups excluding carboxylic acids is 1. The van der Waals surface area contributed by atoms with Crippen LogP contribution in [-0.4, -0.2) is 16.5 Å². The lowest BCUT2D eigenvalue weighted by molar-refractivity contribution is -0.384. The van der Waals surface area contributed by atoms with Gasteiger partial charge in [-0.1, -0.05) is 6.42 Å². The summed E-state index contributed by atoms with van der Waals surface area (Å²) >= 11 is 1.69. The average Bonchev–Trinajstić information content (AvgIpc) is 2.34. The minimum Gasteiger partial charge on any atom is -0.300 e. The van der Waals surface area contributed by atoms with Crippen LogP contribution in [0.15, 0.2) is 29.2 Å². The van der Waals surface area contributed by atoms with Crippen molar-refractivity contribution in [2.24, 2.45) is 0 Å². The van der Waals surface area contributed by atoms with Gasteiger partial charge in [0.2, 0.25) is 0 Å². The van der Waals surface area contributed by atoms with Crippen molar-refractivity contribution in [3.05, 3.63) is 34.4 Å². The molecule has 0 N–H and O–H groups in total. The molecule has 1 aromatic carbocycles. The summed E-state index contributed by atoms with van der Waals surface area (Å²) in [6, 6.07) is 6.60. The van der Waals surface area contributed by atoms with Crippen LogP contribution in [0.4, 0.5) is 5.69 Å². The third kappa shape index (κ3) is 5.82. The smallest absolute Gasteiger partial charge is 0.269 e. The van der Waals surface area contributed by atoms with Crippen molar-refractivity contribution >= 4 is 23.2 Å². The van der Waals surface area contributed by atoms with E-state index in [4.69, 9.17) is 0 Å². The zero-order valence-corrected chi connectivity index (χ0v) is 11.2. The van der Waals surface area contributed by atoms with Crippen molar-refractivity contribution in [3.63, 3.8) is 0 Å². The van der Waals surface area contributed by atoms with E-state index in [0.29, 0.717) is 6.42 Å². The normalized spacial score (nSPS) is 10.3. The number of rotatable bonds is 8. The van der Waals surface area contributed by atoms with E-state index in [9.17, 15) is 14.9 Å². The molecular weight excluding hydrogens is 250 g/mol. The van der Waals surface area contributed by atoms with Crippen LogP contribution in [-0.2, 0) is 4.79 Å². The molecule has 0 saturated heterocycles. The molecule has 0 spiro atoms. The van der Waals surface area contributed by atoms with Gasteiger partial charge in [0.25, 0.3) is 5.69 Å². The molecule has 0 aliphatic heterocycles. The van der Waals surface area contributed by atoms with Crippen molar-refractivity contribution in [2.75, 3.05) is 5.75 Å². The first-order valence-corrected chi connectivity index (χ1v) is 6.95. The molecule has 1 rings (SSSR count). The van der Waals surface area contributed by atoms with Gasteiger partial charge in [0.15, 0.2) is 0 Å². The predicted octanol–water partition coefficient (Wildman–Crippen LogP) is 3.84. The van der Waals surface area contributed by atoms with Gasteiger partial charge in [-0.15, -0.1) is 11.8 Å². The minimum absolute atomic E-state index is 0.126. The third-order valence-corrected chi connectivity index (χ3v) is 3.59. The lowest BCUT2D eigenvalue weighted by atomic mass is 10.2. The fraction of sp³-hybridized carbons (Fsp3) is 0.462. The first-order valence-electron chi connectivity index (χ1n) is 5.96.